The maximum atomic E-state index is 12.8. The van der Waals surface area contributed by atoms with Crippen molar-refractivity contribution in [3.8, 4) is 0 Å². The molecule has 1 saturated carbocycles. The van der Waals surface area contributed by atoms with Crippen molar-refractivity contribution in [1.29, 1.82) is 0 Å². The molecule has 1 aromatic rings. The summed E-state index contributed by atoms with van der Waals surface area (Å²) in [5.74, 6) is -1.05. The average Bonchev–Trinajstić information content (AvgIpc) is 3.00. The molecule has 4 rings (SSSR count). The number of hydrogen-bond acceptors (Lipinski definition) is 5. The third-order valence-electron chi connectivity index (χ3n) is 5.64. The van der Waals surface area contributed by atoms with Crippen molar-refractivity contribution in [2.24, 2.45) is 0 Å². The molecule has 1 aliphatic carbocycles. The van der Waals surface area contributed by atoms with Crippen molar-refractivity contribution >= 4 is 29.5 Å². The fourth-order valence-electron chi connectivity index (χ4n) is 4.18. The Hall–Kier alpha value is -2.90. The van der Waals surface area contributed by atoms with E-state index in [4.69, 9.17) is 4.74 Å². The first-order chi connectivity index (χ1) is 13.5. The first kappa shape index (κ1) is 18.5. The van der Waals surface area contributed by atoms with Gasteiger partial charge in [-0.15, -0.1) is 0 Å². The molecule has 4 amide bonds. The lowest BCUT2D eigenvalue weighted by Gasteiger charge is -2.29. The van der Waals surface area contributed by atoms with Crippen LogP contribution in [0.25, 0.3) is 0 Å². The molecule has 8 nitrogen and oxygen atoms in total. The van der Waals surface area contributed by atoms with Crippen LogP contribution in [-0.2, 0) is 20.9 Å². The fraction of sp³-hybridized carbons (Fsp3) is 0.500. The van der Waals surface area contributed by atoms with Crippen LogP contribution in [0.2, 0.25) is 0 Å². The van der Waals surface area contributed by atoms with Gasteiger partial charge >= 0.3 is 6.09 Å². The van der Waals surface area contributed by atoms with E-state index in [1.807, 2.05) is 0 Å². The standard InChI is InChI=1S/C20H23N3O5/c24-17-10-9-16(18(25)22-17)23-11-14-13(19(23)26)7-4-8-15(14)21-20(27)28-12-5-2-1-3-6-12/h4,7-8,12,16H,1-3,5-6,9-11H2,(H,21,27)(H,22,24,25). The molecule has 1 saturated heterocycles. The minimum absolute atomic E-state index is 0.0629. The molecule has 8 heteroatoms. The molecule has 2 N–H and O–H groups in total. The highest BCUT2D eigenvalue weighted by Gasteiger charge is 2.40. The van der Waals surface area contributed by atoms with Gasteiger partial charge in [0.2, 0.25) is 11.8 Å². The van der Waals surface area contributed by atoms with Gasteiger partial charge in [-0.1, -0.05) is 12.5 Å². The van der Waals surface area contributed by atoms with Crippen molar-refractivity contribution in [2.45, 2.75) is 63.6 Å². The van der Waals surface area contributed by atoms with E-state index in [9.17, 15) is 19.2 Å². The minimum Gasteiger partial charge on any atom is -0.446 e. The van der Waals surface area contributed by atoms with E-state index in [0.717, 1.165) is 25.7 Å². The third kappa shape index (κ3) is 3.58. The van der Waals surface area contributed by atoms with Gasteiger partial charge in [0.15, 0.2) is 0 Å². The Kier molecular flexibility index (Phi) is 5.02. The van der Waals surface area contributed by atoms with Crippen LogP contribution in [0.5, 0.6) is 0 Å². The molecule has 1 aromatic carbocycles. The van der Waals surface area contributed by atoms with Gasteiger partial charge in [0, 0.05) is 29.8 Å². The van der Waals surface area contributed by atoms with Crippen molar-refractivity contribution in [1.82, 2.24) is 10.2 Å². The summed E-state index contributed by atoms with van der Waals surface area (Å²) in [6.07, 6.45) is 4.98. The largest absolute Gasteiger partial charge is 0.446 e. The summed E-state index contributed by atoms with van der Waals surface area (Å²) in [7, 11) is 0. The predicted octanol–water partition coefficient (Wildman–Crippen LogP) is 2.33. The zero-order chi connectivity index (χ0) is 19.7. The molecule has 0 aromatic heterocycles. The summed E-state index contributed by atoms with van der Waals surface area (Å²) in [5, 5.41) is 5.04. The van der Waals surface area contributed by atoms with Crippen LogP contribution in [0.4, 0.5) is 10.5 Å². The van der Waals surface area contributed by atoms with Crippen molar-refractivity contribution in [3.63, 3.8) is 0 Å². The van der Waals surface area contributed by atoms with Gasteiger partial charge in [0.05, 0.1) is 0 Å². The summed E-state index contributed by atoms with van der Waals surface area (Å²) in [6.45, 7) is 0.209. The zero-order valence-electron chi connectivity index (χ0n) is 15.5. The molecule has 1 unspecified atom stereocenters. The maximum Gasteiger partial charge on any atom is 0.411 e. The molecular formula is C20H23N3O5. The molecule has 2 heterocycles. The Morgan fingerprint density at radius 2 is 1.89 bits per heavy atom. The minimum atomic E-state index is -0.681. The van der Waals surface area contributed by atoms with Crippen molar-refractivity contribution < 1.29 is 23.9 Å². The number of amides is 4. The first-order valence-corrected chi connectivity index (χ1v) is 9.77. The molecule has 0 bridgehead atoms. The first-order valence-electron chi connectivity index (χ1n) is 9.77. The zero-order valence-corrected chi connectivity index (χ0v) is 15.5. The van der Waals surface area contributed by atoms with E-state index in [1.165, 1.54) is 11.3 Å². The number of fused-ring (bicyclic) bond motifs is 1. The van der Waals surface area contributed by atoms with Crippen molar-refractivity contribution in [3.05, 3.63) is 29.3 Å². The Labute approximate surface area is 162 Å². The molecular weight excluding hydrogens is 362 g/mol. The molecule has 1 atom stereocenters. The van der Waals surface area contributed by atoms with Gasteiger partial charge in [-0.05, 0) is 44.2 Å². The number of rotatable bonds is 3. The van der Waals surface area contributed by atoms with Crippen LogP contribution in [0, 0.1) is 0 Å². The van der Waals surface area contributed by atoms with E-state index in [0.29, 0.717) is 23.2 Å². The number of carbonyl (C=O) groups excluding carboxylic acids is 4. The number of nitrogens with zero attached hydrogens (tertiary/aromatic N) is 1. The highest BCUT2D eigenvalue weighted by molar-refractivity contribution is 6.06. The lowest BCUT2D eigenvalue weighted by atomic mass is 9.98. The fourth-order valence-corrected chi connectivity index (χ4v) is 4.18. The molecule has 0 spiro atoms. The van der Waals surface area contributed by atoms with Crippen LogP contribution in [0.3, 0.4) is 0 Å². The second-order valence-electron chi connectivity index (χ2n) is 7.52. The molecule has 3 aliphatic rings. The SMILES string of the molecule is O=C1CCC(N2Cc3c(NC(=O)OC4CCCCC4)cccc3C2=O)C(=O)N1. The van der Waals surface area contributed by atoms with E-state index >= 15 is 0 Å². The van der Waals surface area contributed by atoms with E-state index in [2.05, 4.69) is 10.6 Å². The number of hydrogen-bond donors (Lipinski definition) is 2. The molecule has 0 radical (unpaired) electrons. The molecule has 148 valence electrons. The summed E-state index contributed by atoms with van der Waals surface area (Å²) < 4.78 is 5.50. The quantitative estimate of drug-likeness (QED) is 0.777. The Balaban J connectivity index is 1.47. The van der Waals surface area contributed by atoms with E-state index in [1.54, 1.807) is 18.2 Å². The van der Waals surface area contributed by atoms with Crippen LogP contribution >= 0.6 is 0 Å². The van der Waals surface area contributed by atoms with Crippen molar-refractivity contribution in [2.75, 3.05) is 5.32 Å². The highest BCUT2D eigenvalue weighted by atomic mass is 16.6. The number of anilines is 1. The smallest absolute Gasteiger partial charge is 0.411 e. The Bertz CT molecular complexity index is 831. The lowest BCUT2D eigenvalue weighted by Crippen LogP contribution is -2.52. The number of carbonyl (C=O) groups is 4. The van der Waals surface area contributed by atoms with E-state index in [-0.39, 0.29) is 30.9 Å². The molecule has 2 fully saturated rings. The highest BCUT2D eigenvalue weighted by Crippen LogP contribution is 2.32. The Morgan fingerprint density at radius 3 is 2.64 bits per heavy atom. The monoisotopic (exact) mass is 385 g/mol. The number of nitrogens with one attached hydrogen (secondary N) is 2. The molecule has 28 heavy (non-hydrogen) atoms. The van der Waals surface area contributed by atoms with E-state index < -0.39 is 18.0 Å². The van der Waals surface area contributed by atoms with Gasteiger partial charge in [0.25, 0.3) is 5.91 Å². The van der Waals surface area contributed by atoms with Gasteiger partial charge in [0.1, 0.15) is 12.1 Å². The number of piperidine rings is 1. The van der Waals surface area contributed by atoms with Gasteiger partial charge < -0.3 is 9.64 Å². The second-order valence-corrected chi connectivity index (χ2v) is 7.52. The summed E-state index contributed by atoms with van der Waals surface area (Å²) in [4.78, 5) is 50.1. The third-order valence-corrected chi connectivity index (χ3v) is 5.64. The Morgan fingerprint density at radius 1 is 1.11 bits per heavy atom. The van der Waals surface area contributed by atoms with Gasteiger partial charge in [-0.3, -0.25) is 25.0 Å². The van der Waals surface area contributed by atoms with Crippen LogP contribution in [-0.4, -0.2) is 40.9 Å². The molecule has 2 aliphatic heterocycles. The second kappa shape index (κ2) is 7.61. The normalized spacial score (nSPS) is 22.6. The number of imide groups is 1. The number of ether oxygens (including phenoxy) is 1. The lowest BCUT2D eigenvalue weighted by molar-refractivity contribution is -0.136. The topological polar surface area (TPSA) is 105 Å². The van der Waals surface area contributed by atoms with Gasteiger partial charge in [-0.25, -0.2) is 4.79 Å². The van der Waals surface area contributed by atoms with Gasteiger partial charge in [-0.2, -0.15) is 0 Å². The average molecular weight is 385 g/mol. The number of benzene rings is 1. The maximum absolute atomic E-state index is 12.8. The predicted molar refractivity (Wildman–Crippen MR) is 99.5 cm³/mol. The van der Waals surface area contributed by atoms with Crippen LogP contribution < -0.4 is 10.6 Å². The van der Waals surface area contributed by atoms with Crippen LogP contribution in [0.1, 0.15) is 60.9 Å². The summed E-state index contributed by atoms with van der Waals surface area (Å²) in [5.41, 5.74) is 1.64. The van der Waals surface area contributed by atoms with Crippen LogP contribution in [0.15, 0.2) is 18.2 Å². The summed E-state index contributed by atoms with van der Waals surface area (Å²) in [6, 6.07) is 4.42. The summed E-state index contributed by atoms with van der Waals surface area (Å²) >= 11 is 0.